The molecule has 0 spiro atoms. The summed E-state index contributed by atoms with van der Waals surface area (Å²) in [6.45, 7) is 9.91. The number of carbonyl (C=O) groups is 1. The average molecular weight is 422 g/mol. The van der Waals surface area contributed by atoms with Crippen molar-refractivity contribution in [3.8, 4) is 5.75 Å². The summed E-state index contributed by atoms with van der Waals surface area (Å²) in [5.74, 6) is -0.269. The van der Waals surface area contributed by atoms with Gasteiger partial charge >= 0.3 is 0 Å². The summed E-state index contributed by atoms with van der Waals surface area (Å²) in [6.07, 6.45) is 0.698. The van der Waals surface area contributed by atoms with Crippen molar-refractivity contribution in [2.75, 3.05) is 17.0 Å². The molecule has 0 aliphatic rings. The van der Waals surface area contributed by atoms with E-state index in [-0.39, 0.29) is 25.1 Å². The van der Waals surface area contributed by atoms with Crippen LogP contribution in [0, 0.1) is 5.92 Å². The second-order valence-corrected chi connectivity index (χ2v) is 9.19. The van der Waals surface area contributed by atoms with Crippen LogP contribution in [0.2, 0.25) is 0 Å². The van der Waals surface area contributed by atoms with E-state index >= 15 is 0 Å². The number of hydrogen-bond acceptors (Lipinski definition) is 5. The second-order valence-electron chi connectivity index (χ2n) is 7.46. The Morgan fingerprint density at radius 2 is 1.74 bits per heavy atom. The molecule has 1 atom stereocenters. The van der Waals surface area contributed by atoms with Crippen molar-refractivity contribution in [2.24, 2.45) is 11.7 Å². The van der Waals surface area contributed by atoms with Crippen molar-refractivity contribution in [1.29, 1.82) is 0 Å². The normalized spacial score (nSPS) is 13.6. The van der Waals surface area contributed by atoms with Crippen molar-refractivity contribution in [1.82, 2.24) is 5.32 Å². The second kappa shape index (κ2) is 10.7. The molecule has 0 aromatic heterocycles. The van der Waals surface area contributed by atoms with Gasteiger partial charge in [0.15, 0.2) is 0 Å². The number of halogens is 1. The van der Waals surface area contributed by atoms with Gasteiger partial charge in [0.1, 0.15) is 11.5 Å². The number of anilines is 1. The Balaban J connectivity index is 0.00000676. The zero-order chi connectivity index (χ0) is 20.0. The number of sulfonamides is 1. The molecule has 4 N–H and O–H groups in total. The summed E-state index contributed by atoms with van der Waals surface area (Å²) < 4.78 is 32.4. The molecule has 0 bridgehead atoms. The number of benzene rings is 1. The van der Waals surface area contributed by atoms with Crippen LogP contribution < -0.4 is 20.5 Å². The third-order valence-electron chi connectivity index (χ3n) is 3.57. The fourth-order valence-electron chi connectivity index (χ4n) is 2.72. The van der Waals surface area contributed by atoms with Crippen molar-refractivity contribution < 1.29 is 17.9 Å². The number of rotatable bonds is 10. The first kappa shape index (κ1) is 25.5. The molecular weight excluding hydrogens is 390 g/mol. The molecule has 0 fully saturated rings. The fourth-order valence-corrected chi connectivity index (χ4v) is 3.71. The van der Waals surface area contributed by atoms with E-state index in [1.807, 2.05) is 34.6 Å². The van der Waals surface area contributed by atoms with E-state index in [1.165, 1.54) is 0 Å². The molecule has 0 radical (unpaired) electrons. The van der Waals surface area contributed by atoms with Crippen molar-refractivity contribution in [3.63, 3.8) is 0 Å². The van der Waals surface area contributed by atoms with Crippen molar-refractivity contribution >= 4 is 34.0 Å². The third-order valence-corrected chi connectivity index (χ3v) is 4.76. The quantitative estimate of drug-likeness (QED) is 0.537. The third kappa shape index (κ3) is 9.83. The molecule has 27 heavy (non-hydrogen) atoms. The molecule has 1 amide bonds. The van der Waals surface area contributed by atoms with Gasteiger partial charge in [0.05, 0.1) is 6.10 Å². The molecule has 1 rings (SSSR count). The molecular formula is C18H32ClN3O4S. The van der Waals surface area contributed by atoms with E-state index < -0.39 is 27.2 Å². The zero-order valence-electron chi connectivity index (χ0n) is 16.6. The van der Waals surface area contributed by atoms with E-state index in [9.17, 15) is 13.2 Å². The monoisotopic (exact) mass is 421 g/mol. The Hall–Kier alpha value is -1.51. The van der Waals surface area contributed by atoms with Gasteiger partial charge in [-0.2, -0.15) is 0 Å². The van der Waals surface area contributed by atoms with Crippen LogP contribution in [0.3, 0.4) is 0 Å². The molecule has 1 unspecified atom stereocenters. The molecule has 0 aliphatic heterocycles. The molecule has 0 saturated carbocycles. The van der Waals surface area contributed by atoms with Crippen LogP contribution in [0.25, 0.3) is 0 Å². The molecule has 9 heteroatoms. The fraction of sp³-hybridized carbons (Fsp3) is 0.611. The first-order chi connectivity index (χ1) is 11.9. The molecule has 0 saturated heterocycles. The smallest absolute Gasteiger partial charge is 0.241 e. The van der Waals surface area contributed by atoms with Crippen molar-refractivity contribution in [2.45, 2.75) is 52.7 Å². The Bertz CT molecular complexity index is 693. The summed E-state index contributed by atoms with van der Waals surface area (Å²) in [4.78, 5) is 12.2. The molecule has 7 nitrogen and oxygen atoms in total. The van der Waals surface area contributed by atoms with Gasteiger partial charge in [-0.1, -0.05) is 13.8 Å². The molecule has 156 valence electrons. The Morgan fingerprint density at radius 1 is 1.19 bits per heavy atom. The summed E-state index contributed by atoms with van der Waals surface area (Å²) in [5, 5.41) is 2.74. The lowest BCUT2D eigenvalue weighted by molar-refractivity contribution is -0.120. The van der Waals surface area contributed by atoms with E-state index in [0.29, 0.717) is 23.8 Å². The number of nitrogens with two attached hydrogens (primary N) is 1. The molecule has 0 heterocycles. The van der Waals surface area contributed by atoms with Gasteiger partial charge in [0, 0.05) is 17.8 Å². The highest BCUT2D eigenvalue weighted by molar-refractivity contribution is 7.93. The maximum Gasteiger partial charge on any atom is 0.241 e. The minimum atomic E-state index is -3.82. The maximum absolute atomic E-state index is 12.2. The average Bonchev–Trinajstić information content (AvgIpc) is 2.46. The highest BCUT2D eigenvalue weighted by Crippen LogP contribution is 2.18. The lowest BCUT2D eigenvalue weighted by Crippen LogP contribution is -2.53. The number of amides is 1. The van der Waals surface area contributed by atoms with Crippen LogP contribution in [0.4, 0.5) is 5.69 Å². The van der Waals surface area contributed by atoms with E-state index in [0.717, 1.165) is 0 Å². The number of hydrogen-bond donors (Lipinski definition) is 3. The first-order valence-electron chi connectivity index (χ1n) is 8.73. The van der Waals surface area contributed by atoms with Crippen LogP contribution in [0.15, 0.2) is 24.3 Å². The number of ether oxygens (including phenoxy) is 1. The highest BCUT2D eigenvalue weighted by atomic mass is 35.5. The van der Waals surface area contributed by atoms with Gasteiger partial charge in [-0.15, -0.1) is 12.4 Å². The predicted molar refractivity (Wildman–Crippen MR) is 112 cm³/mol. The Morgan fingerprint density at radius 3 is 2.19 bits per heavy atom. The van der Waals surface area contributed by atoms with Crippen molar-refractivity contribution in [3.05, 3.63) is 24.3 Å². The minimum absolute atomic E-state index is 0. The van der Waals surface area contributed by atoms with E-state index in [1.54, 1.807) is 24.3 Å². The summed E-state index contributed by atoms with van der Waals surface area (Å²) in [7, 11) is -3.82. The van der Waals surface area contributed by atoms with Crippen LogP contribution in [-0.4, -0.2) is 38.3 Å². The molecule has 1 aromatic carbocycles. The van der Waals surface area contributed by atoms with Gasteiger partial charge in [-0.25, -0.2) is 8.42 Å². The number of nitrogens with one attached hydrogen (secondary N) is 2. The SMILES string of the molecule is CC(C)CC(C)(CN)NC(=O)CS(=O)(=O)Nc1ccc(OC(C)C)cc1.Cl. The first-order valence-corrected chi connectivity index (χ1v) is 10.4. The van der Waals surface area contributed by atoms with E-state index in [2.05, 4.69) is 10.0 Å². The molecule has 0 aliphatic carbocycles. The van der Waals surface area contributed by atoms with Gasteiger partial charge in [-0.05, 0) is 57.4 Å². The van der Waals surface area contributed by atoms with Gasteiger partial charge < -0.3 is 15.8 Å². The van der Waals surface area contributed by atoms with Crippen LogP contribution in [0.5, 0.6) is 5.75 Å². The predicted octanol–water partition coefficient (Wildman–Crippen LogP) is 2.52. The zero-order valence-corrected chi connectivity index (χ0v) is 18.2. The summed E-state index contributed by atoms with van der Waals surface area (Å²) in [6, 6.07) is 6.53. The Kier molecular flexibility index (Phi) is 10.1. The van der Waals surface area contributed by atoms with Crippen LogP contribution >= 0.6 is 12.4 Å². The van der Waals surface area contributed by atoms with Gasteiger partial charge in [-0.3, -0.25) is 9.52 Å². The van der Waals surface area contributed by atoms with Crippen LogP contribution in [0.1, 0.15) is 41.0 Å². The molecule has 1 aromatic rings. The lowest BCUT2D eigenvalue weighted by Gasteiger charge is -2.31. The van der Waals surface area contributed by atoms with E-state index in [4.69, 9.17) is 10.5 Å². The maximum atomic E-state index is 12.2. The summed E-state index contributed by atoms with van der Waals surface area (Å²) in [5.41, 5.74) is 5.49. The Labute approximate surface area is 168 Å². The largest absolute Gasteiger partial charge is 0.491 e. The van der Waals surface area contributed by atoms with Crippen LogP contribution in [-0.2, 0) is 14.8 Å². The topological polar surface area (TPSA) is 111 Å². The standard InChI is InChI=1S/C18H31N3O4S.ClH/c1-13(2)10-18(5,12-19)20-17(22)11-26(23,24)21-15-6-8-16(9-7-15)25-14(3)4;/h6-9,13-14,21H,10-12,19H2,1-5H3,(H,20,22);1H. The number of carbonyl (C=O) groups excluding carboxylic acids is 1. The minimum Gasteiger partial charge on any atom is -0.491 e. The van der Waals surface area contributed by atoms with Gasteiger partial charge in [0.25, 0.3) is 0 Å². The van der Waals surface area contributed by atoms with Gasteiger partial charge in [0.2, 0.25) is 15.9 Å². The summed E-state index contributed by atoms with van der Waals surface area (Å²) >= 11 is 0. The highest BCUT2D eigenvalue weighted by Gasteiger charge is 2.28. The lowest BCUT2D eigenvalue weighted by atomic mass is 9.91.